The second kappa shape index (κ2) is 3.95. The number of thiophene rings is 1. The first-order chi connectivity index (χ1) is 7.20. The number of hydrogen-bond donors (Lipinski definition) is 0. The van der Waals surface area contributed by atoms with Gasteiger partial charge in [0.25, 0.3) is 0 Å². The van der Waals surface area contributed by atoms with Gasteiger partial charge in [0.15, 0.2) is 5.78 Å². The van der Waals surface area contributed by atoms with Crippen molar-refractivity contribution in [1.29, 1.82) is 0 Å². The molecule has 0 amide bonds. The van der Waals surface area contributed by atoms with Crippen LogP contribution in [0.3, 0.4) is 0 Å². The molecule has 0 unspecified atom stereocenters. The van der Waals surface area contributed by atoms with Crippen LogP contribution in [0.1, 0.15) is 22.8 Å². The molecule has 0 aliphatic rings. The van der Waals surface area contributed by atoms with Crippen LogP contribution in [0.5, 0.6) is 0 Å². The molecule has 15 heavy (non-hydrogen) atoms. The topological polar surface area (TPSA) is 30.0 Å². The maximum absolute atomic E-state index is 11.3. The van der Waals surface area contributed by atoms with Crippen molar-refractivity contribution in [2.24, 2.45) is 0 Å². The summed E-state index contributed by atoms with van der Waals surface area (Å²) in [5.74, 6) is 0.129. The maximum atomic E-state index is 11.3. The summed E-state index contributed by atoms with van der Waals surface area (Å²) in [5, 5.41) is 1.92. The fourth-order valence-electron chi connectivity index (χ4n) is 1.55. The number of ketones is 1. The molecular formula is C12H11NOS. The molecule has 0 radical (unpaired) electrons. The average Bonchev–Trinajstić information content (AvgIpc) is 2.61. The molecule has 3 heteroatoms. The van der Waals surface area contributed by atoms with E-state index in [1.165, 1.54) is 0 Å². The van der Waals surface area contributed by atoms with Crippen LogP contribution < -0.4 is 0 Å². The van der Waals surface area contributed by atoms with E-state index in [0.29, 0.717) is 0 Å². The third kappa shape index (κ3) is 1.83. The van der Waals surface area contributed by atoms with Crippen molar-refractivity contribution in [1.82, 2.24) is 4.98 Å². The number of aromatic nitrogens is 1. The zero-order valence-electron chi connectivity index (χ0n) is 8.65. The highest BCUT2D eigenvalue weighted by Crippen LogP contribution is 2.31. The van der Waals surface area contributed by atoms with E-state index in [4.69, 9.17) is 0 Å². The lowest BCUT2D eigenvalue weighted by atomic mass is 10.1. The summed E-state index contributed by atoms with van der Waals surface area (Å²) in [4.78, 5) is 16.4. The van der Waals surface area contributed by atoms with Crippen molar-refractivity contribution in [3.8, 4) is 10.4 Å². The van der Waals surface area contributed by atoms with Crippen molar-refractivity contribution in [2.75, 3.05) is 0 Å². The first-order valence-electron chi connectivity index (χ1n) is 4.69. The molecule has 76 valence electrons. The summed E-state index contributed by atoms with van der Waals surface area (Å²) in [6.07, 6.45) is 3.53. The summed E-state index contributed by atoms with van der Waals surface area (Å²) in [5.41, 5.74) is 3.02. The Morgan fingerprint density at radius 2 is 2.00 bits per heavy atom. The minimum absolute atomic E-state index is 0.129. The van der Waals surface area contributed by atoms with Crippen LogP contribution in [0.25, 0.3) is 10.4 Å². The van der Waals surface area contributed by atoms with Gasteiger partial charge in [-0.3, -0.25) is 9.78 Å². The predicted molar refractivity (Wildman–Crippen MR) is 62.3 cm³/mol. The average molecular weight is 217 g/mol. The van der Waals surface area contributed by atoms with E-state index in [0.717, 1.165) is 21.6 Å². The summed E-state index contributed by atoms with van der Waals surface area (Å²) < 4.78 is 0. The Bertz CT molecular complexity index is 488. The first kappa shape index (κ1) is 10.1. The van der Waals surface area contributed by atoms with Gasteiger partial charge in [-0.15, -0.1) is 11.3 Å². The van der Waals surface area contributed by atoms with E-state index >= 15 is 0 Å². The van der Waals surface area contributed by atoms with E-state index in [1.54, 1.807) is 30.7 Å². The summed E-state index contributed by atoms with van der Waals surface area (Å²) in [7, 11) is 0. The minimum atomic E-state index is 0.129. The number of pyridine rings is 1. The van der Waals surface area contributed by atoms with Crippen molar-refractivity contribution in [3.63, 3.8) is 0 Å². The van der Waals surface area contributed by atoms with E-state index in [1.807, 2.05) is 24.4 Å². The lowest BCUT2D eigenvalue weighted by molar-refractivity contribution is 0.101. The highest BCUT2D eigenvalue weighted by Gasteiger charge is 2.11. The van der Waals surface area contributed by atoms with Crippen molar-refractivity contribution < 1.29 is 4.79 Å². The molecule has 0 saturated heterocycles. The number of nitrogens with zero attached hydrogens (tertiary/aromatic N) is 1. The second-order valence-corrected chi connectivity index (χ2v) is 4.28. The number of rotatable bonds is 2. The molecule has 2 aromatic heterocycles. The Labute approximate surface area is 92.6 Å². The van der Waals surface area contributed by atoms with Gasteiger partial charge >= 0.3 is 0 Å². The third-order valence-electron chi connectivity index (χ3n) is 2.36. The monoisotopic (exact) mass is 217 g/mol. The maximum Gasteiger partial charge on any atom is 0.160 e. The van der Waals surface area contributed by atoms with Crippen LogP contribution in [0, 0.1) is 6.92 Å². The quantitative estimate of drug-likeness (QED) is 0.722. The van der Waals surface area contributed by atoms with Gasteiger partial charge in [-0.25, -0.2) is 0 Å². The number of carbonyl (C=O) groups is 1. The van der Waals surface area contributed by atoms with Crippen LogP contribution >= 0.6 is 11.3 Å². The largest absolute Gasteiger partial charge is 0.294 e. The standard InChI is InChI=1S/C12H11NOS/c1-8-11(9(2)14)7-15-12(8)10-3-5-13-6-4-10/h3-7H,1-2H3. The molecule has 0 spiro atoms. The van der Waals surface area contributed by atoms with Gasteiger partial charge in [0, 0.05) is 28.2 Å². The lowest BCUT2D eigenvalue weighted by Gasteiger charge is -1.99. The van der Waals surface area contributed by atoms with Crippen LogP contribution in [-0.2, 0) is 0 Å². The number of carbonyl (C=O) groups excluding carboxylic acids is 1. The first-order valence-corrected chi connectivity index (χ1v) is 5.57. The SMILES string of the molecule is CC(=O)c1csc(-c2ccncc2)c1C. The minimum Gasteiger partial charge on any atom is -0.294 e. The van der Waals surface area contributed by atoms with Crippen LogP contribution in [-0.4, -0.2) is 10.8 Å². The molecule has 2 aromatic rings. The summed E-state index contributed by atoms with van der Waals surface area (Å²) in [6.45, 7) is 3.59. The normalized spacial score (nSPS) is 10.3. The van der Waals surface area contributed by atoms with Gasteiger partial charge in [-0.2, -0.15) is 0 Å². The van der Waals surface area contributed by atoms with Gasteiger partial charge in [-0.05, 0) is 37.1 Å². The van der Waals surface area contributed by atoms with Crippen molar-refractivity contribution in [2.45, 2.75) is 13.8 Å². The summed E-state index contributed by atoms with van der Waals surface area (Å²) in [6, 6.07) is 3.92. The molecule has 0 fully saturated rings. The Balaban J connectivity index is 2.52. The van der Waals surface area contributed by atoms with Crippen LogP contribution in [0.2, 0.25) is 0 Å². The molecule has 0 atom stereocenters. The second-order valence-electron chi connectivity index (χ2n) is 3.40. The van der Waals surface area contributed by atoms with Crippen LogP contribution in [0.15, 0.2) is 29.9 Å². The van der Waals surface area contributed by atoms with E-state index in [9.17, 15) is 4.79 Å². The molecule has 0 aliphatic carbocycles. The van der Waals surface area contributed by atoms with Gasteiger partial charge in [0.05, 0.1) is 0 Å². The molecule has 0 N–H and O–H groups in total. The Hall–Kier alpha value is -1.48. The molecule has 2 nitrogen and oxygen atoms in total. The van der Waals surface area contributed by atoms with Crippen molar-refractivity contribution >= 4 is 17.1 Å². The predicted octanol–water partition coefficient (Wildman–Crippen LogP) is 3.32. The Kier molecular flexibility index (Phi) is 2.64. The molecular weight excluding hydrogens is 206 g/mol. The highest BCUT2D eigenvalue weighted by atomic mass is 32.1. The van der Waals surface area contributed by atoms with E-state index in [2.05, 4.69) is 4.98 Å². The number of hydrogen-bond acceptors (Lipinski definition) is 3. The fraction of sp³-hybridized carbons (Fsp3) is 0.167. The molecule has 2 rings (SSSR count). The van der Waals surface area contributed by atoms with E-state index < -0.39 is 0 Å². The highest BCUT2D eigenvalue weighted by molar-refractivity contribution is 7.14. The van der Waals surface area contributed by atoms with Crippen LogP contribution in [0.4, 0.5) is 0 Å². The smallest absolute Gasteiger partial charge is 0.160 e. The molecule has 0 aromatic carbocycles. The van der Waals surface area contributed by atoms with Crippen molar-refractivity contribution in [3.05, 3.63) is 41.0 Å². The van der Waals surface area contributed by atoms with Gasteiger partial charge in [0.1, 0.15) is 0 Å². The van der Waals surface area contributed by atoms with Gasteiger partial charge in [0.2, 0.25) is 0 Å². The summed E-state index contributed by atoms with van der Waals surface area (Å²) >= 11 is 1.61. The van der Waals surface area contributed by atoms with E-state index in [-0.39, 0.29) is 5.78 Å². The molecule has 0 bridgehead atoms. The number of Topliss-reactive ketones (excluding diaryl/α,β-unsaturated/α-hetero) is 1. The fourth-order valence-corrected chi connectivity index (χ4v) is 2.69. The van der Waals surface area contributed by atoms with Gasteiger partial charge in [-0.1, -0.05) is 0 Å². The zero-order chi connectivity index (χ0) is 10.8. The zero-order valence-corrected chi connectivity index (χ0v) is 9.47. The third-order valence-corrected chi connectivity index (χ3v) is 3.49. The Morgan fingerprint density at radius 3 is 2.53 bits per heavy atom. The molecule has 0 aliphatic heterocycles. The molecule has 0 saturated carbocycles. The van der Waals surface area contributed by atoms with Gasteiger partial charge < -0.3 is 0 Å². The molecule has 2 heterocycles. The lowest BCUT2D eigenvalue weighted by Crippen LogP contribution is -1.91. The Morgan fingerprint density at radius 1 is 1.33 bits per heavy atom.